The molecule has 0 amide bonds. The molecule has 5 nitrogen and oxygen atoms in total. The highest BCUT2D eigenvalue weighted by molar-refractivity contribution is 5.29. The molecule has 2 rings (SSSR count). The molecule has 2 aromatic rings. The molecule has 2 N–H and O–H groups in total. The number of aromatic nitrogens is 2. The lowest BCUT2D eigenvalue weighted by atomic mass is 10.1. The quantitative estimate of drug-likeness (QED) is 0.840. The normalized spacial score (nSPS) is 12.3. The molecular formula is C15H21N3O2. The molecule has 20 heavy (non-hydrogen) atoms. The van der Waals surface area contributed by atoms with Gasteiger partial charge in [0.15, 0.2) is 6.61 Å². The molecule has 1 heterocycles. The number of aryl methyl sites for hydroxylation is 1. The maximum absolute atomic E-state index is 5.80. The van der Waals surface area contributed by atoms with Gasteiger partial charge < -0.3 is 15.0 Å². The van der Waals surface area contributed by atoms with Gasteiger partial charge in [0.2, 0.25) is 11.7 Å². The van der Waals surface area contributed by atoms with Gasteiger partial charge in [-0.25, -0.2) is 0 Å². The zero-order valence-corrected chi connectivity index (χ0v) is 12.0. The molecule has 0 fully saturated rings. The molecular weight excluding hydrogens is 254 g/mol. The van der Waals surface area contributed by atoms with E-state index in [0.29, 0.717) is 18.3 Å². The average Bonchev–Trinajstić information content (AvgIpc) is 2.84. The average molecular weight is 275 g/mol. The summed E-state index contributed by atoms with van der Waals surface area (Å²) in [6.45, 7) is 4.38. The minimum atomic E-state index is 0.138. The highest BCUT2D eigenvalue weighted by atomic mass is 16.5. The number of rotatable bonds is 7. The summed E-state index contributed by atoms with van der Waals surface area (Å²) in [5.74, 6) is 2.04. The first-order valence-corrected chi connectivity index (χ1v) is 6.96. The van der Waals surface area contributed by atoms with Crippen molar-refractivity contribution in [2.75, 3.05) is 0 Å². The highest BCUT2D eigenvalue weighted by Gasteiger charge is 2.06. The zero-order chi connectivity index (χ0) is 14.4. The maximum Gasteiger partial charge on any atom is 0.226 e. The summed E-state index contributed by atoms with van der Waals surface area (Å²) in [4.78, 5) is 4.26. The van der Waals surface area contributed by atoms with Crippen molar-refractivity contribution < 1.29 is 9.26 Å². The van der Waals surface area contributed by atoms with Crippen molar-refractivity contribution in [3.63, 3.8) is 0 Å². The fourth-order valence-corrected chi connectivity index (χ4v) is 1.95. The lowest BCUT2D eigenvalue weighted by Crippen LogP contribution is -2.17. The Morgan fingerprint density at radius 1 is 1.40 bits per heavy atom. The van der Waals surface area contributed by atoms with Crippen LogP contribution in [0.2, 0.25) is 0 Å². The standard InChI is InChI=1S/C15H21N3O2/c1-3-5-15-17-14(18-20-15)10-19-13-7-4-6-12(9-13)8-11(2)16/h4,6-7,9,11H,3,5,8,10,16H2,1-2H3. The van der Waals surface area contributed by atoms with Crippen LogP contribution in [-0.4, -0.2) is 16.2 Å². The van der Waals surface area contributed by atoms with Crippen molar-refractivity contribution in [2.24, 2.45) is 5.73 Å². The van der Waals surface area contributed by atoms with Gasteiger partial charge in [-0.3, -0.25) is 0 Å². The van der Waals surface area contributed by atoms with Gasteiger partial charge in [-0.15, -0.1) is 0 Å². The van der Waals surface area contributed by atoms with Crippen LogP contribution >= 0.6 is 0 Å². The van der Waals surface area contributed by atoms with Crippen molar-refractivity contribution in [3.05, 3.63) is 41.5 Å². The number of ether oxygens (including phenoxy) is 1. The van der Waals surface area contributed by atoms with E-state index in [-0.39, 0.29) is 6.04 Å². The highest BCUT2D eigenvalue weighted by Crippen LogP contribution is 2.15. The van der Waals surface area contributed by atoms with E-state index in [0.717, 1.165) is 30.6 Å². The van der Waals surface area contributed by atoms with Crippen LogP contribution in [0, 0.1) is 0 Å². The third-order valence-electron chi connectivity index (χ3n) is 2.80. The van der Waals surface area contributed by atoms with Crippen LogP contribution in [0.4, 0.5) is 0 Å². The molecule has 0 saturated carbocycles. The van der Waals surface area contributed by atoms with E-state index in [1.54, 1.807) is 0 Å². The molecule has 5 heteroatoms. The minimum Gasteiger partial charge on any atom is -0.485 e. The number of nitrogens with two attached hydrogens (primary N) is 1. The Morgan fingerprint density at radius 2 is 2.25 bits per heavy atom. The molecule has 108 valence electrons. The van der Waals surface area contributed by atoms with Crippen LogP contribution in [0.3, 0.4) is 0 Å². The van der Waals surface area contributed by atoms with E-state index >= 15 is 0 Å². The van der Waals surface area contributed by atoms with Crippen LogP contribution in [0.1, 0.15) is 37.5 Å². The van der Waals surface area contributed by atoms with Gasteiger partial charge >= 0.3 is 0 Å². The predicted octanol–water partition coefficient (Wildman–Crippen LogP) is 2.49. The SMILES string of the molecule is CCCc1nc(COc2cccc(CC(C)N)c2)no1. The van der Waals surface area contributed by atoms with Gasteiger partial charge in [-0.2, -0.15) is 4.98 Å². The molecule has 0 saturated heterocycles. The number of nitrogens with zero attached hydrogens (tertiary/aromatic N) is 2. The Labute approximate surface area is 119 Å². The molecule has 0 aliphatic carbocycles. The molecule has 0 aliphatic rings. The van der Waals surface area contributed by atoms with E-state index in [2.05, 4.69) is 17.1 Å². The fraction of sp³-hybridized carbons (Fsp3) is 0.467. The molecule has 0 spiro atoms. The van der Waals surface area contributed by atoms with E-state index in [4.69, 9.17) is 15.0 Å². The maximum atomic E-state index is 5.80. The Bertz CT molecular complexity index is 537. The summed E-state index contributed by atoms with van der Waals surface area (Å²) in [5.41, 5.74) is 6.96. The van der Waals surface area contributed by atoms with E-state index in [9.17, 15) is 0 Å². The summed E-state index contributed by atoms with van der Waals surface area (Å²) in [6, 6.07) is 8.06. The van der Waals surface area contributed by atoms with E-state index in [1.165, 1.54) is 0 Å². The van der Waals surface area contributed by atoms with Crippen molar-refractivity contribution in [1.82, 2.24) is 10.1 Å². The summed E-state index contributed by atoms with van der Waals surface area (Å²) in [7, 11) is 0. The predicted molar refractivity (Wildman–Crippen MR) is 76.4 cm³/mol. The Kier molecular flexibility index (Phi) is 5.12. The first-order chi connectivity index (χ1) is 9.67. The second-order valence-electron chi connectivity index (χ2n) is 4.97. The summed E-state index contributed by atoms with van der Waals surface area (Å²) in [6.07, 6.45) is 2.62. The Hall–Kier alpha value is -1.88. The topological polar surface area (TPSA) is 74.2 Å². The van der Waals surface area contributed by atoms with Crippen molar-refractivity contribution in [2.45, 2.75) is 45.8 Å². The van der Waals surface area contributed by atoms with Gasteiger partial charge in [-0.05, 0) is 37.5 Å². The lowest BCUT2D eigenvalue weighted by Gasteiger charge is -2.08. The molecule has 0 radical (unpaired) electrons. The molecule has 0 bridgehead atoms. The number of benzene rings is 1. The third-order valence-corrected chi connectivity index (χ3v) is 2.80. The monoisotopic (exact) mass is 275 g/mol. The second-order valence-corrected chi connectivity index (χ2v) is 4.97. The largest absolute Gasteiger partial charge is 0.485 e. The van der Waals surface area contributed by atoms with Crippen LogP contribution < -0.4 is 10.5 Å². The third kappa shape index (κ3) is 4.35. The van der Waals surface area contributed by atoms with Gasteiger partial charge in [0.25, 0.3) is 0 Å². The Morgan fingerprint density at radius 3 is 3.00 bits per heavy atom. The first-order valence-electron chi connectivity index (χ1n) is 6.96. The van der Waals surface area contributed by atoms with Crippen molar-refractivity contribution in [1.29, 1.82) is 0 Å². The molecule has 1 aromatic carbocycles. The first kappa shape index (κ1) is 14.5. The summed E-state index contributed by atoms with van der Waals surface area (Å²) in [5, 5.41) is 3.89. The van der Waals surface area contributed by atoms with Crippen molar-refractivity contribution >= 4 is 0 Å². The van der Waals surface area contributed by atoms with Gasteiger partial charge in [0.1, 0.15) is 5.75 Å². The van der Waals surface area contributed by atoms with Crippen LogP contribution in [0.15, 0.2) is 28.8 Å². The molecule has 1 atom stereocenters. The van der Waals surface area contributed by atoms with Crippen LogP contribution in [0.25, 0.3) is 0 Å². The fourth-order valence-electron chi connectivity index (χ4n) is 1.95. The summed E-state index contributed by atoms with van der Waals surface area (Å²) >= 11 is 0. The Balaban J connectivity index is 1.92. The smallest absolute Gasteiger partial charge is 0.226 e. The van der Waals surface area contributed by atoms with Gasteiger partial charge in [-0.1, -0.05) is 24.2 Å². The van der Waals surface area contributed by atoms with Crippen LogP contribution in [-0.2, 0) is 19.4 Å². The van der Waals surface area contributed by atoms with Gasteiger partial charge in [0.05, 0.1) is 0 Å². The number of hydrogen-bond acceptors (Lipinski definition) is 5. The lowest BCUT2D eigenvalue weighted by molar-refractivity contribution is 0.285. The van der Waals surface area contributed by atoms with Crippen LogP contribution in [0.5, 0.6) is 5.75 Å². The summed E-state index contributed by atoms with van der Waals surface area (Å²) < 4.78 is 10.8. The van der Waals surface area contributed by atoms with E-state index < -0.39 is 0 Å². The molecule has 1 aromatic heterocycles. The second kappa shape index (κ2) is 7.05. The molecule has 1 unspecified atom stereocenters. The minimum absolute atomic E-state index is 0.138. The van der Waals surface area contributed by atoms with Crippen molar-refractivity contribution in [3.8, 4) is 5.75 Å². The van der Waals surface area contributed by atoms with Gasteiger partial charge in [0, 0.05) is 12.5 Å². The number of hydrogen-bond donors (Lipinski definition) is 1. The van der Waals surface area contributed by atoms with E-state index in [1.807, 2.05) is 31.2 Å². The molecule has 0 aliphatic heterocycles. The zero-order valence-electron chi connectivity index (χ0n) is 12.0.